The summed E-state index contributed by atoms with van der Waals surface area (Å²) in [6, 6.07) is 15.6. The second-order valence-electron chi connectivity index (χ2n) is 7.42. The van der Waals surface area contributed by atoms with Gasteiger partial charge >= 0.3 is 0 Å². The monoisotopic (exact) mass is 380 g/mol. The number of nitrogens with zero attached hydrogens (tertiary/aromatic N) is 2. The van der Waals surface area contributed by atoms with Gasteiger partial charge in [0.15, 0.2) is 0 Å². The van der Waals surface area contributed by atoms with E-state index in [2.05, 4.69) is 30.2 Å². The number of piperazine rings is 1. The second-order valence-corrected chi connectivity index (χ2v) is 7.42. The number of hydrogen-bond acceptors (Lipinski definition) is 5. The molecule has 1 heterocycles. The highest BCUT2D eigenvalue weighted by molar-refractivity contribution is 5.47. The Morgan fingerprint density at radius 3 is 2.54 bits per heavy atom. The summed E-state index contributed by atoms with van der Waals surface area (Å²) in [6.07, 6.45) is 1.95. The zero-order valence-electron chi connectivity index (χ0n) is 16.5. The summed E-state index contributed by atoms with van der Waals surface area (Å²) < 4.78 is 5.07. The molecule has 1 N–H and O–H groups in total. The van der Waals surface area contributed by atoms with Gasteiger partial charge in [0, 0.05) is 31.7 Å². The highest BCUT2D eigenvalue weighted by Gasteiger charge is 2.34. The van der Waals surface area contributed by atoms with Crippen LogP contribution in [0.2, 0.25) is 0 Å². The van der Waals surface area contributed by atoms with Gasteiger partial charge in [-0.25, -0.2) is 0 Å². The topological polar surface area (TPSA) is 53.0 Å². The van der Waals surface area contributed by atoms with Gasteiger partial charge in [0.25, 0.3) is 6.47 Å². The quantitative estimate of drug-likeness (QED) is 0.588. The van der Waals surface area contributed by atoms with Gasteiger partial charge in [0.2, 0.25) is 0 Å². The Balaban J connectivity index is 2.01. The number of carbonyl (C=O) groups excluding carboxylic acids is 1. The third kappa shape index (κ3) is 4.43. The Bertz CT molecular complexity index is 823. The van der Waals surface area contributed by atoms with Crippen LogP contribution in [0.15, 0.2) is 61.2 Å². The lowest BCUT2D eigenvalue weighted by Crippen LogP contribution is -2.57. The Morgan fingerprint density at radius 1 is 1.14 bits per heavy atom. The molecule has 2 aromatic carbocycles. The van der Waals surface area contributed by atoms with Gasteiger partial charge < -0.3 is 9.84 Å². The Labute approximate surface area is 166 Å². The second kappa shape index (κ2) is 9.04. The molecular weight excluding hydrogens is 352 g/mol. The highest BCUT2D eigenvalue weighted by Crippen LogP contribution is 2.35. The van der Waals surface area contributed by atoms with Gasteiger partial charge in [-0.15, -0.1) is 6.58 Å². The zero-order valence-corrected chi connectivity index (χ0v) is 16.5. The summed E-state index contributed by atoms with van der Waals surface area (Å²) in [5.41, 5.74) is 2.04. The molecule has 28 heavy (non-hydrogen) atoms. The maximum atomic E-state index is 10.8. The number of phenols is 1. The smallest absolute Gasteiger partial charge is 0.298 e. The van der Waals surface area contributed by atoms with Crippen LogP contribution in [0.5, 0.6) is 11.5 Å². The molecule has 5 heteroatoms. The van der Waals surface area contributed by atoms with Crippen molar-refractivity contribution in [3.05, 3.63) is 72.3 Å². The van der Waals surface area contributed by atoms with Crippen LogP contribution in [-0.4, -0.2) is 53.1 Å². The van der Waals surface area contributed by atoms with Gasteiger partial charge in [-0.3, -0.25) is 14.6 Å². The minimum Gasteiger partial charge on any atom is -0.508 e. The van der Waals surface area contributed by atoms with Crippen LogP contribution in [0.4, 0.5) is 0 Å². The Morgan fingerprint density at radius 2 is 1.86 bits per heavy atom. The Kier molecular flexibility index (Phi) is 6.49. The molecule has 1 aliphatic rings. The number of hydrogen-bond donors (Lipinski definition) is 1. The van der Waals surface area contributed by atoms with Gasteiger partial charge in [0.1, 0.15) is 11.5 Å². The number of carbonyl (C=O) groups is 1. The van der Waals surface area contributed by atoms with E-state index >= 15 is 0 Å². The van der Waals surface area contributed by atoms with Gasteiger partial charge in [-0.1, -0.05) is 30.3 Å². The van der Waals surface area contributed by atoms with Crippen molar-refractivity contribution in [2.24, 2.45) is 0 Å². The van der Waals surface area contributed by atoms with Crippen LogP contribution in [0, 0.1) is 0 Å². The van der Waals surface area contributed by atoms with E-state index in [9.17, 15) is 9.90 Å². The maximum Gasteiger partial charge on any atom is 0.298 e. The predicted molar refractivity (Wildman–Crippen MR) is 110 cm³/mol. The summed E-state index contributed by atoms with van der Waals surface area (Å²) in [5.74, 6) is 0.762. The third-order valence-corrected chi connectivity index (χ3v) is 5.40. The summed E-state index contributed by atoms with van der Waals surface area (Å²) in [7, 11) is 0. The van der Waals surface area contributed by atoms with E-state index in [1.807, 2.05) is 42.5 Å². The van der Waals surface area contributed by atoms with Crippen molar-refractivity contribution in [3.8, 4) is 11.5 Å². The molecule has 2 aromatic rings. The molecule has 1 unspecified atom stereocenters. The molecule has 1 fully saturated rings. The normalized spacial score (nSPS) is 21.8. The zero-order chi connectivity index (χ0) is 20.1. The van der Waals surface area contributed by atoms with Crippen molar-refractivity contribution in [3.63, 3.8) is 0 Å². The van der Waals surface area contributed by atoms with E-state index in [1.54, 1.807) is 12.1 Å². The van der Waals surface area contributed by atoms with E-state index < -0.39 is 0 Å². The molecule has 0 aliphatic carbocycles. The fraction of sp³-hybridized carbons (Fsp3) is 0.348. The number of aromatic hydroxyl groups is 1. The van der Waals surface area contributed by atoms with Crippen LogP contribution in [-0.2, 0) is 4.79 Å². The van der Waals surface area contributed by atoms with Crippen molar-refractivity contribution in [2.75, 3.05) is 19.6 Å². The number of rotatable bonds is 7. The van der Waals surface area contributed by atoms with Crippen LogP contribution in [0.3, 0.4) is 0 Å². The average Bonchev–Trinajstić information content (AvgIpc) is 2.67. The molecule has 3 rings (SSSR count). The number of benzene rings is 2. The van der Waals surface area contributed by atoms with Crippen molar-refractivity contribution in [1.82, 2.24) is 9.80 Å². The first-order valence-electron chi connectivity index (χ1n) is 9.63. The van der Waals surface area contributed by atoms with E-state index in [0.717, 1.165) is 30.8 Å². The molecule has 0 radical (unpaired) electrons. The van der Waals surface area contributed by atoms with Crippen molar-refractivity contribution in [2.45, 2.75) is 32.0 Å². The minimum absolute atomic E-state index is 0.0503. The number of phenolic OH excluding ortho intramolecular Hbond substituents is 1. The lowest BCUT2D eigenvalue weighted by molar-refractivity contribution is -0.120. The summed E-state index contributed by atoms with van der Waals surface area (Å²) in [6.45, 7) is 11.5. The molecule has 1 aliphatic heterocycles. The molecule has 0 bridgehead atoms. The molecule has 148 valence electrons. The largest absolute Gasteiger partial charge is 0.508 e. The first-order valence-corrected chi connectivity index (χ1v) is 9.63. The standard InChI is InChI=1S/C23H28N2O3/c1-4-11-24-14-18(3)25(15-17(24)2)23(19-7-5-9-21(27)12-19)20-8-6-10-22(13-20)28-16-26/h4-10,12-13,16-18,23,27H,1,11,14-15H2,2-3H3/t17-,18+,23?/m1/s1. The first kappa shape index (κ1) is 20.1. The highest BCUT2D eigenvalue weighted by atomic mass is 16.5. The van der Waals surface area contributed by atoms with E-state index in [0.29, 0.717) is 24.3 Å². The van der Waals surface area contributed by atoms with E-state index in [4.69, 9.17) is 4.74 Å². The summed E-state index contributed by atoms with van der Waals surface area (Å²) >= 11 is 0. The van der Waals surface area contributed by atoms with Crippen molar-refractivity contribution in [1.29, 1.82) is 0 Å². The van der Waals surface area contributed by atoms with Crippen molar-refractivity contribution >= 4 is 6.47 Å². The molecule has 0 saturated carbocycles. The molecule has 1 saturated heterocycles. The molecule has 0 spiro atoms. The molecule has 3 atom stereocenters. The fourth-order valence-corrected chi connectivity index (χ4v) is 4.09. The van der Waals surface area contributed by atoms with Crippen molar-refractivity contribution < 1.29 is 14.6 Å². The lowest BCUT2D eigenvalue weighted by Gasteiger charge is -2.47. The van der Waals surface area contributed by atoms with Gasteiger partial charge in [-0.05, 0) is 49.2 Å². The van der Waals surface area contributed by atoms with Crippen LogP contribution in [0.1, 0.15) is 31.0 Å². The average molecular weight is 380 g/mol. The fourth-order valence-electron chi connectivity index (χ4n) is 4.09. The first-order chi connectivity index (χ1) is 13.5. The van der Waals surface area contributed by atoms with Gasteiger partial charge in [0.05, 0.1) is 6.04 Å². The van der Waals surface area contributed by atoms with E-state index in [1.165, 1.54) is 0 Å². The van der Waals surface area contributed by atoms with Crippen LogP contribution >= 0.6 is 0 Å². The molecule has 0 aromatic heterocycles. The van der Waals surface area contributed by atoms with Crippen LogP contribution in [0.25, 0.3) is 0 Å². The predicted octanol–water partition coefficient (Wildman–Crippen LogP) is 3.60. The molecule has 0 amide bonds. The third-order valence-electron chi connectivity index (χ3n) is 5.40. The SMILES string of the molecule is C=CCN1C[C@H](C)N(C(c2cccc(O)c2)c2cccc(OC=O)c2)C[C@H]1C. The van der Waals surface area contributed by atoms with E-state index in [-0.39, 0.29) is 11.8 Å². The van der Waals surface area contributed by atoms with Gasteiger partial charge in [-0.2, -0.15) is 0 Å². The summed E-state index contributed by atoms with van der Waals surface area (Å²) in [5, 5.41) is 10.1. The Hall–Kier alpha value is -2.63. The minimum atomic E-state index is -0.0503. The summed E-state index contributed by atoms with van der Waals surface area (Å²) in [4.78, 5) is 15.7. The lowest BCUT2D eigenvalue weighted by atomic mass is 9.93. The molecular formula is C23H28N2O3. The molecule has 5 nitrogen and oxygen atoms in total. The number of ether oxygens (including phenoxy) is 1. The maximum absolute atomic E-state index is 10.8. The van der Waals surface area contributed by atoms with Crippen LogP contribution < -0.4 is 4.74 Å².